The average molecular weight is 832 g/mol. The number of benzene rings is 10. The van der Waals surface area contributed by atoms with Crippen molar-refractivity contribution < 1.29 is 0 Å². The first-order chi connectivity index (χ1) is 31.8. The molecule has 10 aromatic carbocycles. The van der Waals surface area contributed by atoms with Gasteiger partial charge in [0.1, 0.15) is 0 Å². The molecule has 0 aliphatic rings. The third-order valence-electron chi connectivity index (χ3n) is 13.6. The van der Waals surface area contributed by atoms with Gasteiger partial charge in [-0.1, -0.05) is 182 Å². The Hall–Kier alpha value is -8.18. The summed E-state index contributed by atoms with van der Waals surface area (Å²) in [5.74, 6) is 0. The quantitative estimate of drug-likeness (QED) is 0.107. The van der Waals surface area contributed by atoms with Crippen LogP contribution in [0.5, 0.6) is 0 Å². The molecule has 0 unspecified atom stereocenters. The summed E-state index contributed by atoms with van der Waals surface area (Å²) in [6, 6.07) is 92.0. The van der Waals surface area contributed by atoms with Gasteiger partial charge in [-0.25, -0.2) is 0 Å². The third kappa shape index (κ3) is 5.33. The zero-order valence-corrected chi connectivity index (χ0v) is 36.0. The monoisotopic (exact) mass is 831 g/mol. The lowest BCUT2D eigenvalue weighted by molar-refractivity contribution is 1.15. The van der Waals surface area contributed by atoms with Crippen molar-refractivity contribution >= 4 is 83.5 Å². The summed E-state index contributed by atoms with van der Waals surface area (Å²) in [6.45, 7) is 0. The Labute approximate surface area is 372 Å². The first kappa shape index (κ1) is 36.5. The molecule has 300 valence electrons. The fourth-order valence-corrected chi connectivity index (χ4v) is 15.6. The highest BCUT2D eigenvalue weighted by molar-refractivity contribution is 7.19. The van der Waals surface area contributed by atoms with Crippen molar-refractivity contribution in [1.82, 2.24) is 13.7 Å². The number of fused-ring (bicyclic) bond motifs is 3. The van der Waals surface area contributed by atoms with Gasteiger partial charge in [0.15, 0.2) is 8.07 Å². The van der Waals surface area contributed by atoms with E-state index >= 15 is 0 Å². The van der Waals surface area contributed by atoms with Crippen LogP contribution in [0.4, 0.5) is 0 Å². The molecule has 0 aliphatic carbocycles. The molecular formula is C60H41N3Si. The number of hydrogen-bond acceptors (Lipinski definition) is 0. The second-order valence-corrected chi connectivity index (χ2v) is 20.7. The molecule has 0 saturated carbocycles. The van der Waals surface area contributed by atoms with Gasteiger partial charge in [-0.3, -0.25) is 0 Å². The highest BCUT2D eigenvalue weighted by Crippen LogP contribution is 2.43. The Balaban J connectivity index is 0.980. The Kier molecular flexibility index (Phi) is 8.23. The van der Waals surface area contributed by atoms with E-state index in [0.29, 0.717) is 0 Å². The Bertz CT molecular complexity index is 3630. The predicted molar refractivity (Wildman–Crippen MR) is 272 cm³/mol. The van der Waals surface area contributed by atoms with Crippen molar-refractivity contribution in [1.29, 1.82) is 0 Å². The molecular weight excluding hydrogens is 791 g/mol. The van der Waals surface area contributed by atoms with Crippen LogP contribution in [-0.4, -0.2) is 21.8 Å². The number of nitrogens with zero attached hydrogens (tertiary/aromatic N) is 3. The second kappa shape index (κ2) is 14.5. The molecule has 3 nitrogen and oxygen atoms in total. The molecule has 13 aromatic rings. The SMILES string of the molecule is c1ccc(-c2ccc(-n3c4cccc5c4c4c3cccc4n5-c3ccc4c5ccccc5n(-c5ccc([Si](c6ccccc6)(c6ccccc6)c6ccccc6)cc5)c4c3)cc2)cc1. The molecule has 4 heteroatoms. The minimum Gasteiger partial charge on any atom is -0.309 e. The fraction of sp³-hybridized carbons (Fsp3) is 0. The van der Waals surface area contributed by atoms with Gasteiger partial charge in [-0.05, 0) is 98.6 Å². The van der Waals surface area contributed by atoms with E-state index in [4.69, 9.17) is 0 Å². The van der Waals surface area contributed by atoms with Gasteiger partial charge in [0.25, 0.3) is 0 Å². The summed E-state index contributed by atoms with van der Waals surface area (Å²) in [6.07, 6.45) is 0. The van der Waals surface area contributed by atoms with E-state index in [1.54, 1.807) is 0 Å². The van der Waals surface area contributed by atoms with Gasteiger partial charge < -0.3 is 13.7 Å². The smallest absolute Gasteiger partial charge is 0.179 e. The van der Waals surface area contributed by atoms with Crippen molar-refractivity contribution in [2.75, 3.05) is 0 Å². The fourth-order valence-electron chi connectivity index (χ4n) is 10.9. The molecule has 0 amide bonds. The second-order valence-electron chi connectivity index (χ2n) is 16.9. The van der Waals surface area contributed by atoms with Crippen molar-refractivity contribution in [3.63, 3.8) is 0 Å². The molecule has 0 saturated heterocycles. The minimum absolute atomic E-state index is 1.14. The van der Waals surface area contributed by atoms with Crippen molar-refractivity contribution in [2.45, 2.75) is 0 Å². The summed E-state index contributed by atoms with van der Waals surface area (Å²) in [4.78, 5) is 0. The maximum Gasteiger partial charge on any atom is 0.179 e. The largest absolute Gasteiger partial charge is 0.309 e. The van der Waals surface area contributed by atoms with Crippen molar-refractivity contribution in [3.05, 3.63) is 249 Å². The summed E-state index contributed by atoms with van der Waals surface area (Å²) in [5.41, 5.74) is 13.1. The molecule has 3 heterocycles. The van der Waals surface area contributed by atoms with Crippen LogP contribution in [0.3, 0.4) is 0 Å². The Morgan fingerprint density at radius 2 is 0.594 bits per heavy atom. The van der Waals surface area contributed by atoms with Crippen molar-refractivity contribution in [2.24, 2.45) is 0 Å². The van der Waals surface area contributed by atoms with E-state index in [1.165, 1.54) is 86.5 Å². The summed E-state index contributed by atoms with van der Waals surface area (Å²) in [5, 5.41) is 10.5. The Morgan fingerprint density at radius 1 is 0.234 bits per heavy atom. The van der Waals surface area contributed by atoms with Gasteiger partial charge in [0.05, 0.1) is 33.1 Å². The number of para-hydroxylation sites is 1. The van der Waals surface area contributed by atoms with E-state index in [2.05, 4.69) is 262 Å². The molecule has 0 N–H and O–H groups in total. The molecule has 0 atom stereocenters. The topological polar surface area (TPSA) is 14.8 Å². The highest BCUT2D eigenvalue weighted by Gasteiger charge is 2.41. The van der Waals surface area contributed by atoms with Crippen LogP contribution >= 0.6 is 0 Å². The number of aromatic nitrogens is 3. The molecule has 64 heavy (non-hydrogen) atoms. The molecule has 13 rings (SSSR count). The zero-order chi connectivity index (χ0) is 42.2. The summed E-state index contributed by atoms with van der Waals surface area (Å²) >= 11 is 0. The van der Waals surface area contributed by atoms with E-state index < -0.39 is 8.07 Å². The molecule has 0 bridgehead atoms. The van der Waals surface area contributed by atoms with E-state index in [-0.39, 0.29) is 0 Å². The van der Waals surface area contributed by atoms with Crippen molar-refractivity contribution in [3.8, 4) is 28.2 Å². The third-order valence-corrected chi connectivity index (χ3v) is 18.4. The summed E-state index contributed by atoms with van der Waals surface area (Å²) < 4.78 is 7.36. The van der Waals surface area contributed by atoms with Crippen LogP contribution in [-0.2, 0) is 0 Å². The van der Waals surface area contributed by atoms with Gasteiger partial charge in [0.2, 0.25) is 0 Å². The number of hydrogen-bond donors (Lipinski definition) is 0. The van der Waals surface area contributed by atoms with Crippen LogP contribution in [0.15, 0.2) is 249 Å². The minimum atomic E-state index is -2.67. The van der Waals surface area contributed by atoms with Gasteiger partial charge >= 0.3 is 0 Å². The van der Waals surface area contributed by atoms with Gasteiger partial charge in [-0.15, -0.1) is 0 Å². The van der Waals surface area contributed by atoms with Crippen LogP contribution < -0.4 is 20.7 Å². The van der Waals surface area contributed by atoms with E-state index in [0.717, 1.165) is 17.1 Å². The Morgan fingerprint density at radius 3 is 1.12 bits per heavy atom. The molecule has 0 aliphatic heterocycles. The lowest BCUT2D eigenvalue weighted by atomic mass is 10.1. The first-order valence-electron chi connectivity index (χ1n) is 22.1. The van der Waals surface area contributed by atoms with Crippen LogP contribution in [0.25, 0.3) is 82.8 Å². The average Bonchev–Trinajstić information content (AvgIpc) is 4.02. The van der Waals surface area contributed by atoms with Gasteiger partial charge in [0, 0.05) is 38.6 Å². The maximum atomic E-state index is 2.47. The highest BCUT2D eigenvalue weighted by atomic mass is 28.3. The lowest BCUT2D eigenvalue weighted by Crippen LogP contribution is -2.74. The lowest BCUT2D eigenvalue weighted by Gasteiger charge is -2.34. The normalized spacial score (nSPS) is 12.1. The van der Waals surface area contributed by atoms with Gasteiger partial charge in [-0.2, -0.15) is 0 Å². The predicted octanol–water partition coefficient (Wildman–Crippen LogP) is 12.3. The maximum absolute atomic E-state index is 2.67. The zero-order valence-electron chi connectivity index (χ0n) is 35.0. The standard InChI is InChI=1S/C60H41N3Si/c1-5-17-42(18-6-1)43-31-33-44(34-32-43)62-54-27-15-29-56-59(54)60-55(62)28-16-30-57(60)63(56)46-37-40-52-51-25-13-14-26-53(51)61(58(52)41-46)45-35-38-50(39-36-45)64(47-19-7-2-8-20-47,48-21-9-3-10-22-48)49-23-11-4-12-24-49/h1-41H. The number of rotatable bonds is 8. The molecule has 0 spiro atoms. The molecule has 0 radical (unpaired) electrons. The van der Waals surface area contributed by atoms with E-state index in [1.807, 2.05) is 0 Å². The molecule has 3 aromatic heterocycles. The first-order valence-corrected chi connectivity index (χ1v) is 24.1. The van der Waals surface area contributed by atoms with Crippen LogP contribution in [0.2, 0.25) is 0 Å². The summed E-state index contributed by atoms with van der Waals surface area (Å²) in [7, 11) is -2.67. The van der Waals surface area contributed by atoms with Crippen LogP contribution in [0.1, 0.15) is 0 Å². The molecule has 0 fully saturated rings. The van der Waals surface area contributed by atoms with E-state index in [9.17, 15) is 0 Å². The van der Waals surface area contributed by atoms with Crippen LogP contribution in [0, 0.1) is 0 Å².